The summed E-state index contributed by atoms with van der Waals surface area (Å²) in [6.45, 7) is 4.76. The molecule has 0 atom stereocenters. The van der Waals surface area contributed by atoms with Crippen LogP contribution in [-0.4, -0.2) is 9.13 Å². The fourth-order valence-corrected chi connectivity index (χ4v) is 16.5. The lowest BCUT2D eigenvalue weighted by Gasteiger charge is -2.28. The lowest BCUT2D eigenvalue weighted by Crippen LogP contribution is -2.17. The molecule has 0 N–H and O–H groups in total. The van der Waals surface area contributed by atoms with Crippen molar-refractivity contribution in [2.75, 3.05) is 9.80 Å². The molecule has 516 valence electrons. The second kappa shape index (κ2) is 28.1. The lowest BCUT2D eigenvalue weighted by molar-refractivity contribution is 0.660. The Morgan fingerprint density at radius 2 is 0.431 bits per heavy atom. The first-order valence-electron chi connectivity index (χ1n) is 37.6. The highest BCUT2D eigenvalue weighted by atomic mass is 15.1. The van der Waals surface area contributed by atoms with Gasteiger partial charge in [-0.2, -0.15) is 0 Å². The highest BCUT2D eigenvalue weighted by molar-refractivity contribution is 6.11. The minimum Gasteiger partial charge on any atom is -0.311 e. The maximum atomic E-state index is 2.43. The average Bonchev–Trinajstić information content (AvgIpc) is 1.57. The van der Waals surface area contributed by atoms with Crippen molar-refractivity contribution in [3.63, 3.8) is 0 Å². The topological polar surface area (TPSA) is 16.3 Å². The molecule has 0 fully saturated rings. The number of para-hydroxylation sites is 3. The van der Waals surface area contributed by atoms with E-state index < -0.39 is 0 Å². The highest BCUT2D eigenvalue weighted by Crippen LogP contribution is 2.52. The van der Waals surface area contributed by atoms with Gasteiger partial charge in [0.25, 0.3) is 0 Å². The average molecular weight is 1390 g/mol. The molecule has 0 aliphatic heterocycles. The van der Waals surface area contributed by atoms with Crippen molar-refractivity contribution in [3.05, 3.63) is 436 Å². The first-order valence-corrected chi connectivity index (χ1v) is 37.6. The molecule has 4 nitrogen and oxygen atoms in total. The molecule has 0 saturated heterocycles. The summed E-state index contributed by atoms with van der Waals surface area (Å²) >= 11 is 0. The van der Waals surface area contributed by atoms with Gasteiger partial charge in [-0.25, -0.2) is 0 Å². The van der Waals surface area contributed by atoms with E-state index in [0.717, 1.165) is 39.8 Å². The van der Waals surface area contributed by atoms with Crippen molar-refractivity contribution < 1.29 is 0 Å². The van der Waals surface area contributed by atoms with Gasteiger partial charge in [-0.3, -0.25) is 0 Å². The SMILES string of the molecule is CC1(C)c2cc(N(c3ccc(-c4ccccc4)cc3)c3ccc(-c4ccccc4)cc3)ccc2-c2ccc(-n3c4ccccc4c4ccccc43)cc21.c1ccc(-c2ccc(N(c3ccc(-c4ccccc4)cc3)c3ccc(-c4ccc(-n5c6ccccc6c6ccc(-c7ccccc7)cc65)cc4)cc3)cc2)cc1. The van der Waals surface area contributed by atoms with Crippen LogP contribution in [0, 0.1) is 0 Å². The second-order valence-corrected chi connectivity index (χ2v) is 28.8. The largest absolute Gasteiger partial charge is 0.311 e. The van der Waals surface area contributed by atoms with Gasteiger partial charge in [-0.05, 0) is 210 Å². The van der Waals surface area contributed by atoms with E-state index in [-0.39, 0.29) is 5.41 Å². The molecule has 1 aliphatic rings. The van der Waals surface area contributed by atoms with Gasteiger partial charge >= 0.3 is 0 Å². The molecule has 0 saturated carbocycles. The zero-order valence-corrected chi connectivity index (χ0v) is 60.7. The Bertz CT molecular complexity index is 6250. The number of hydrogen-bond donors (Lipinski definition) is 0. The molecular weight excluding hydrogens is 1320 g/mol. The van der Waals surface area contributed by atoms with Crippen LogP contribution >= 0.6 is 0 Å². The molecule has 109 heavy (non-hydrogen) atoms. The van der Waals surface area contributed by atoms with Crippen LogP contribution in [0.1, 0.15) is 25.0 Å². The molecule has 0 unspecified atom stereocenters. The third-order valence-electron chi connectivity index (χ3n) is 22.0. The number of rotatable bonds is 14. The molecular formula is C105H76N4. The zero-order chi connectivity index (χ0) is 72.8. The third kappa shape index (κ3) is 12.3. The van der Waals surface area contributed by atoms with Gasteiger partial charge in [0, 0.05) is 72.5 Å². The van der Waals surface area contributed by atoms with Gasteiger partial charge in [-0.1, -0.05) is 317 Å². The Labute approximate surface area is 636 Å². The van der Waals surface area contributed by atoms with Crippen LogP contribution in [0.3, 0.4) is 0 Å². The molecule has 4 heteroatoms. The van der Waals surface area contributed by atoms with Crippen molar-refractivity contribution in [2.45, 2.75) is 19.3 Å². The smallest absolute Gasteiger partial charge is 0.0547 e. The van der Waals surface area contributed by atoms with Gasteiger partial charge in [0.05, 0.1) is 22.1 Å². The van der Waals surface area contributed by atoms with E-state index in [4.69, 9.17) is 0 Å². The van der Waals surface area contributed by atoms with Crippen LogP contribution in [0.4, 0.5) is 34.1 Å². The van der Waals surface area contributed by atoms with E-state index >= 15 is 0 Å². The molecule has 17 aromatic carbocycles. The molecule has 2 aromatic heterocycles. The van der Waals surface area contributed by atoms with Crippen molar-refractivity contribution in [2.24, 2.45) is 0 Å². The molecule has 2 heterocycles. The van der Waals surface area contributed by atoms with E-state index in [1.54, 1.807) is 0 Å². The fourth-order valence-electron chi connectivity index (χ4n) is 16.5. The van der Waals surface area contributed by atoms with Gasteiger partial charge < -0.3 is 18.9 Å². The minimum atomic E-state index is -0.199. The summed E-state index contributed by atoms with van der Waals surface area (Å²) in [5, 5.41) is 5.08. The van der Waals surface area contributed by atoms with Crippen molar-refractivity contribution in [3.8, 4) is 89.3 Å². The summed E-state index contributed by atoms with van der Waals surface area (Å²) in [6.07, 6.45) is 0. The van der Waals surface area contributed by atoms with Gasteiger partial charge in [0.1, 0.15) is 0 Å². The van der Waals surface area contributed by atoms with Crippen LogP contribution in [0.2, 0.25) is 0 Å². The van der Waals surface area contributed by atoms with Gasteiger partial charge in [-0.15, -0.1) is 0 Å². The quantitative estimate of drug-likeness (QED) is 0.108. The molecule has 19 aromatic rings. The number of hydrogen-bond acceptors (Lipinski definition) is 2. The predicted octanol–water partition coefficient (Wildman–Crippen LogP) is 28.8. The van der Waals surface area contributed by atoms with Crippen LogP contribution in [0.15, 0.2) is 425 Å². The molecule has 0 bridgehead atoms. The summed E-state index contributed by atoms with van der Waals surface area (Å²) < 4.78 is 4.82. The van der Waals surface area contributed by atoms with Gasteiger partial charge in [0.2, 0.25) is 0 Å². The number of fused-ring (bicyclic) bond motifs is 9. The number of nitrogens with zero attached hydrogens (tertiary/aromatic N) is 4. The highest BCUT2D eigenvalue weighted by Gasteiger charge is 2.37. The molecule has 0 amide bonds. The maximum Gasteiger partial charge on any atom is 0.0547 e. The summed E-state index contributed by atoms with van der Waals surface area (Å²) in [5.74, 6) is 0. The summed E-state index contributed by atoms with van der Waals surface area (Å²) in [6, 6.07) is 154. The molecule has 0 radical (unpaired) electrons. The molecule has 0 spiro atoms. The first kappa shape index (κ1) is 65.7. The predicted molar refractivity (Wildman–Crippen MR) is 461 cm³/mol. The van der Waals surface area contributed by atoms with E-state index in [9.17, 15) is 0 Å². The standard InChI is InChI=1S/C54H38N2.C51H38N2/c1-4-12-39(13-5-1)42-20-29-47(30-21-42)55(48-31-22-43(23-32-48)40-14-6-2-7-15-40)49-33-24-44(25-34-49)45-26-35-50(36-27-45)56-53-19-11-10-18-51(53)52-37-28-46(38-54(52)56)41-16-8-3-9-17-41;1-51(2)47-33-41(29-31-43(47)44-32-30-42(34-48(44)51)53-49-19-11-9-17-45(49)46-18-10-12-20-50(46)53)52(39-25-21-37(22-26-39)35-13-5-3-6-14-35)40-27-23-38(24-28-40)36-15-7-4-8-16-36/h1-38H;3-34H,1-2H3. The van der Waals surface area contributed by atoms with E-state index in [1.165, 1.54) is 138 Å². The van der Waals surface area contributed by atoms with Crippen molar-refractivity contribution in [1.82, 2.24) is 9.13 Å². The van der Waals surface area contributed by atoms with Gasteiger partial charge in [0.15, 0.2) is 0 Å². The Morgan fingerprint density at radius 3 is 0.798 bits per heavy atom. The summed E-state index contributed by atoms with van der Waals surface area (Å²) in [5.41, 5.74) is 33.5. The monoisotopic (exact) mass is 1390 g/mol. The number of benzene rings is 17. The Balaban J connectivity index is 0.000000148. The van der Waals surface area contributed by atoms with Crippen molar-refractivity contribution in [1.29, 1.82) is 0 Å². The van der Waals surface area contributed by atoms with E-state index in [1.807, 2.05) is 0 Å². The second-order valence-electron chi connectivity index (χ2n) is 28.8. The van der Waals surface area contributed by atoms with Crippen molar-refractivity contribution >= 4 is 77.7 Å². The zero-order valence-electron chi connectivity index (χ0n) is 60.7. The van der Waals surface area contributed by atoms with E-state index in [2.05, 4.69) is 457 Å². The first-order chi connectivity index (χ1) is 53.8. The Morgan fingerprint density at radius 1 is 0.183 bits per heavy atom. The lowest BCUT2D eigenvalue weighted by atomic mass is 9.82. The summed E-state index contributed by atoms with van der Waals surface area (Å²) in [7, 11) is 0. The van der Waals surface area contributed by atoms with Crippen LogP contribution < -0.4 is 9.80 Å². The molecule has 1 aliphatic carbocycles. The number of anilines is 6. The maximum absolute atomic E-state index is 2.43. The normalized spacial score (nSPS) is 12.0. The third-order valence-corrected chi connectivity index (χ3v) is 22.0. The minimum absolute atomic E-state index is 0.199. The Hall–Kier alpha value is -14.1. The fraction of sp³-hybridized carbons (Fsp3) is 0.0286. The van der Waals surface area contributed by atoms with E-state index in [0.29, 0.717) is 0 Å². The summed E-state index contributed by atoms with van der Waals surface area (Å²) in [4.78, 5) is 4.73. The number of aromatic nitrogens is 2. The molecule has 20 rings (SSSR count). The Kier molecular flexibility index (Phi) is 16.9. The van der Waals surface area contributed by atoms with Crippen LogP contribution in [0.25, 0.3) is 133 Å². The van der Waals surface area contributed by atoms with Crippen LogP contribution in [-0.2, 0) is 5.41 Å². The van der Waals surface area contributed by atoms with Crippen LogP contribution in [0.5, 0.6) is 0 Å².